The fourth-order valence-corrected chi connectivity index (χ4v) is 2.22. The second-order valence-corrected chi connectivity index (χ2v) is 4.79. The van der Waals surface area contributed by atoms with Gasteiger partial charge < -0.3 is 20.5 Å². The van der Waals surface area contributed by atoms with Crippen LogP contribution in [-0.4, -0.2) is 32.3 Å². The van der Waals surface area contributed by atoms with Gasteiger partial charge in [0.1, 0.15) is 5.75 Å². The predicted molar refractivity (Wildman–Crippen MR) is 73.3 cm³/mol. The first-order valence-electron chi connectivity index (χ1n) is 6.45. The minimum Gasteiger partial charge on any atom is -0.495 e. The Labute approximate surface area is 113 Å². The van der Waals surface area contributed by atoms with Gasteiger partial charge in [-0.1, -0.05) is 0 Å². The van der Waals surface area contributed by atoms with Crippen molar-refractivity contribution in [2.24, 2.45) is 5.92 Å². The van der Waals surface area contributed by atoms with Crippen LogP contribution in [0.15, 0.2) is 18.2 Å². The first-order valence-corrected chi connectivity index (χ1v) is 6.45. The summed E-state index contributed by atoms with van der Waals surface area (Å²) in [5, 5.41) is 2.93. The minimum absolute atomic E-state index is 0.114. The first-order chi connectivity index (χ1) is 9.11. The molecule has 1 aromatic rings. The van der Waals surface area contributed by atoms with E-state index in [1.165, 1.54) is 7.11 Å². The standard InChI is InChI=1S/C14H20N2O3/c1-9-11(5-6-19-9)8-16-14(17)10-3-4-12(15)13(7-10)18-2/h3-4,7,9,11H,5-6,8,15H2,1-2H3,(H,16,17). The molecule has 1 saturated heterocycles. The average molecular weight is 264 g/mol. The predicted octanol–water partition coefficient (Wildman–Crippen LogP) is 1.43. The van der Waals surface area contributed by atoms with Gasteiger partial charge >= 0.3 is 0 Å². The highest BCUT2D eigenvalue weighted by molar-refractivity contribution is 5.95. The lowest BCUT2D eigenvalue weighted by Crippen LogP contribution is -2.31. The van der Waals surface area contributed by atoms with E-state index in [1.807, 2.05) is 6.92 Å². The number of nitrogens with one attached hydrogen (secondary N) is 1. The Morgan fingerprint density at radius 2 is 2.37 bits per heavy atom. The van der Waals surface area contributed by atoms with Crippen molar-refractivity contribution in [3.8, 4) is 5.75 Å². The van der Waals surface area contributed by atoms with E-state index in [2.05, 4.69) is 5.32 Å². The number of amides is 1. The molecule has 1 amide bonds. The second-order valence-electron chi connectivity index (χ2n) is 4.79. The van der Waals surface area contributed by atoms with E-state index in [-0.39, 0.29) is 12.0 Å². The SMILES string of the molecule is COc1cc(C(=O)NCC2CCOC2C)ccc1N. The molecule has 0 aliphatic carbocycles. The molecule has 1 aliphatic heterocycles. The lowest BCUT2D eigenvalue weighted by molar-refractivity contribution is 0.0907. The zero-order chi connectivity index (χ0) is 13.8. The maximum Gasteiger partial charge on any atom is 0.251 e. The number of benzene rings is 1. The third kappa shape index (κ3) is 3.17. The Bertz CT molecular complexity index is 462. The molecule has 19 heavy (non-hydrogen) atoms. The molecular weight excluding hydrogens is 244 g/mol. The van der Waals surface area contributed by atoms with E-state index in [9.17, 15) is 4.79 Å². The smallest absolute Gasteiger partial charge is 0.251 e. The number of hydrogen-bond donors (Lipinski definition) is 2. The van der Waals surface area contributed by atoms with Gasteiger partial charge in [-0.15, -0.1) is 0 Å². The van der Waals surface area contributed by atoms with E-state index in [0.717, 1.165) is 13.0 Å². The normalized spacial score (nSPS) is 22.2. The highest BCUT2D eigenvalue weighted by Gasteiger charge is 2.24. The molecule has 5 nitrogen and oxygen atoms in total. The fraction of sp³-hybridized carbons (Fsp3) is 0.500. The largest absolute Gasteiger partial charge is 0.495 e. The molecule has 0 saturated carbocycles. The van der Waals surface area contributed by atoms with Crippen LogP contribution in [0.2, 0.25) is 0 Å². The zero-order valence-corrected chi connectivity index (χ0v) is 11.3. The summed E-state index contributed by atoms with van der Waals surface area (Å²) < 4.78 is 10.6. The molecule has 1 aromatic carbocycles. The highest BCUT2D eigenvalue weighted by atomic mass is 16.5. The Balaban J connectivity index is 1.96. The molecule has 0 radical (unpaired) electrons. The molecule has 0 aromatic heterocycles. The number of anilines is 1. The maximum atomic E-state index is 12.0. The van der Waals surface area contributed by atoms with Crippen molar-refractivity contribution in [2.75, 3.05) is 26.0 Å². The van der Waals surface area contributed by atoms with Gasteiger partial charge in [-0.05, 0) is 31.5 Å². The van der Waals surface area contributed by atoms with Crippen molar-refractivity contribution in [1.29, 1.82) is 0 Å². The van der Waals surface area contributed by atoms with Gasteiger partial charge in [0.25, 0.3) is 5.91 Å². The summed E-state index contributed by atoms with van der Waals surface area (Å²) >= 11 is 0. The Hall–Kier alpha value is -1.75. The summed E-state index contributed by atoms with van der Waals surface area (Å²) in [4.78, 5) is 12.0. The van der Waals surface area contributed by atoms with Crippen molar-refractivity contribution in [2.45, 2.75) is 19.4 Å². The number of hydrogen-bond acceptors (Lipinski definition) is 4. The van der Waals surface area contributed by atoms with Crippen molar-refractivity contribution in [1.82, 2.24) is 5.32 Å². The van der Waals surface area contributed by atoms with Crippen molar-refractivity contribution < 1.29 is 14.3 Å². The minimum atomic E-state index is -0.114. The lowest BCUT2D eigenvalue weighted by Gasteiger charge is -2.15. The third-order valence-electron chi connectivity index (χ3n) is 3.55. The number of rotatable bonds is 4. The summed E-state index contributed by atoms with van der Waals surface area (Å²) in [6, 6.07) is 5.02. The van der Waals surface area contributed by atoms with E-state index < -0.39 is 0 Å². The molecule has 104 valence electrons. The van der Waals surface area contributed by atoms with Crippen molar-refractivity contribution in [3.05, 3.63) is 23.8 Å². The Morgan fingerprint density at radius 3 is 3.00 bits per heavy atom. The number of nitrogen functional groups attached to an aromatic ring is 1. The number of nitrogens with two attached hydrogens (primary N) is 1. The number of ether oxygens (including phenoxy) is 2. The van der Waals surface area contributed by atoms with Crippen LogP contribution in [0, 0.1) is 5.92 Å². The summed E-state index contributed by atoms with van der Waals surface area (Å²) in [6.45, 7) is 3.44. The van der Waals surface area contributed by atoms with Crippen LogP contribution in [0.25, 0.3) is 0 Å². The molecule has 0 spiro atoms. The van der Waals surface area contributed by atoms with Crippen molar-refractivity contribution in [3.63, 3.8) is 0 Å². The molecule has 5 heteroatoms. The summed E-state index contributed by atoms with van der Waals surface area (Å²) in [7, 11) is 1.53. The number of carbonyl (C=O) groups excluding carboxylic acids is 1. The van der Waals surface area contributed by atoms with Crippen LogP contribution in [0.3, 0.4) is 0 Å². The van der Waals surface area contributed by atoms with Gasteiger partial charge in [-0.3, -0.25) is 4.79 Å². The second kappa shape index (κ2) is 5.93. The summed E-state index contributed by atoms with van der Waals surface area (Å²) in [6.07, 6.45) is 1.20. The maximum absolute atomic E-state index is 12.0. The molecule has 2 unspecified atom stereocenters. The van der Waals surface area contributed by atoms with Gasteiger partial charge in [0.15, 0.2) is 0 Å². The third-order valence-corrected chi connectivity index (χ3v) is 3.55. The van der Waals surface area contributed by atoms with Gasteiger partial charge in [-0.25, -0.2) is 0 Å². The van der Waals surface area contributed by atoms with E-state index in [4.69, 9.17) is 15.2 Å². The zero-order valence-electron chi connectivity index (χ0n) is 11.3. The average Bonchev–Trinajstić information content (AvgIpc) is 2.82. The fourth-order valence-electron chi connectivity index (χ4n) is 2.22. The molecule has 2 rings (SSSR count). The van der Waals surface area contributed by atoms with E-state index >= 15 is 0 Å². The van der Waals surface area contributed by atoms with Crippen molar-refractivity contribution >= 4 is 11.6 Å². The van der Waals surface area contributed by atoms with Gasteiger partial charge in [0.05, 0.1) is 18.9 Å². The molecule has 1 fully saturated rings. The van der Waals surface area contributed by atoms with Crippen LogP contribution in [-0.2, 0) is 4.74 Å². The first kappa shape index (κ1) is 13.7. The molecule has 0 bridgehead atoms. The van der Waals surface area contributed by atoms with Crippen LogP contribution < -0.4 is 15.8 Å². The molecule has 2 atom stereocenters. The number of methoxy groups -OCH3 is 1. The van der Waals surface area contributed by atoms with Crippen LogP contribution in [0.5, 0.6) is 5.75 Å². The van der Waals surface area contributed by atoms with Gasteiger partial charge in [0.2, 0.25) is 0 Å². The number of carbonyl (C=O) groups is 1. The lowest BCUT2D eigenvalue weighted by atomic mass is 10.0. The molecule has 1 aliphatic rings. The van der Waals surface area contributed by atoms with E-state index in [1.54, 1.807) is 18.2 Å². The Kier molecular flexibility index (Phi) is 4.27. The quantitative estimate of drug-likeness (QED) is 0.807. The molecule has 3 N–H and O–H groups in total. The van der Waals surface area contributed by atoms with Crippen LogP contribution in [0.4, 0.5) is 5.69 Å². The highest BCUT2D eigenvalue weighted by Crippen LogP contribution is 2.22. The van der Waals surface area contributed by atoms with Crippen LogP contribution >= 0.6 is 0 Å². The Morgan fingerprint density at radius 1 is 1.58 bits per heavy atom. The monoisotopic (exact) mass is 264 g/mol. The van der Waals surface area contributed by atoms with Gasteiger partial charge in [-0.2, -0.15) is 0 Å². The molecule has 1 heterocycles. The summed E-state index contributed by atoms with van der Waals surface area (Å²) in [5.74, 6) is 0.794. The van der Waals surface area contributed by atoms with E-state index in [0.29, 0.717) is 29.5 Å². The summed E-state index contributed by atoms with van der Waals surface area (Å²) in [5.41, 5.74) is 6.80. The van der Waals surface area contributed by atoms with Gasteiger partial charge in [0, 0.05) is 24.6 Å². The topological polar surface area (TPSA) is 73.6 Å². The van der Waals surface area contributed by atoms with Crippen LogP contribution in [0.1, 0.15) is 23.7 Å². The molecular formula is C14H20N2O3.